The fraction of sp³-hybridized carbons (Fsp3) is 0.250. The fourth-order valence-corrected chi connectivity index (χ4v) is 2.15. The first-order chi connectivity index (χ1) is 7.56. The van der Waals surface area contributed by atoms with E-state index >= 15 is 0 Å². The molecule has 0 spiro atoms. The Bertz CT molecular complexity index is 572. The van der Waals surface area contributed by atoms with E-state index in [1.54, 1.807) is 16.7 Å². The molecule has 4 heteroatoms. The zero-order valence-electron chi connectivity index (χ0n) is 9.12. The predicted octanol–water partition coefficient (Wildman–Crippen LogP) is 3.22. The highest BCUT2D eigenvalue weighted by Gasteiger charge is 2.18. The molecule has 1 heterocycles. The van der Waals surface area contributed by atoms with Gasteiger partial charge in [-0.05, 0) is 32.0 Å². The number of benzene rings is 1. The minimum absolute atomic E-state index is 0.0206. The molecule has 1 N–H and O–H groups in total. The van der Waals surface area contributed by atoms with Crippen LogP contribution in [0.3, 0.4) is 0 Å². The highest BCUT2D eigenvalue weighted by atomic mass is 35.5. The second kappa shape index (κ2) is 3.83. The molecule has 16 heavy (non-hydrogen) atoms. The summed E-state index contributed by atoms with van der Waals surface area (Å²) in [5.41, 5.74) is 1.17. The first-order valence-corrected chi connectivity index (χ1v) is 5.45. The van der Waals surface area contributed by atoms with Crippen LogP contribution in [0.5, 0.6) is 5.88 Å². The van der Waals surface area contributed by atoms with Gasteiger partial charge in [0.1, 0.15) is 0 Å². The van der Waals surface area contributed by atoms with Crippen molar-refractivity contribution in [1.82, 2.24) is 4.57 Å². The average Bonchev–Trinajstić information content (AvgIpc) is 2.48. The summed E-state index contributed by atoms with van der Waals surface area (Å²) in [4.78, 5) is 11.5. The Morgan fingerprint density at radius 2 is 2.19 bits per heavy atom. The first kappa shape index (κ1) is 11.0. The van der Waals surface area contributed by atoms with Crippen LogP contribution in [0.2, 0.25) is 5.02 Å². The number of carbonyl (C=O) groups excluding carboxylic acids is 1. The molecule has 0 radical (unpaired) electrons. The van der Waals surface area contributed by atoms with Gasteiger partial charge in [-0.2, -0.15) is 0 Å². The summed E-state index contributed by atoms with van der Waals surface area (Å²) < 4.78 is 1.70. The summed E-state index contributed by atoms with van der Waals surface area (Å²) in [7, 11) is 0. The standard InChI is InChI=1S/C12H12ClNO2/c1-3-14-10-5-4-8(13)6-9(10)11(7(2)15)12(14)16/h4-6,16H,3H2,1-2H3. The summed E-state index contributed by atoms with van der Waals surface area (Å²) in [5, 5.41) is 11.2. The maximum atomic E-state index is 11.5. The first-order valence-electron chi connectivity index (χ1n) is 5.08. The lowest BCUT2D eigenvalue weighted by atomic mass is 10.1. The number of hydrogen-bond donors (Lipinski definition) is 1. The third kappa shape index (κ3) is 1.48. The van der Waals surface area contributed by atoms with Crippen LogP contribution in [0.15, 0.2) is 18.2 Å². The van der Waals surface area contributed by atoms with Gasteiger partial charge in [-0.25, -0.2) is 0 Å². The fourth-order valence-electron chi connectivity index (χ4n) is 1.98. The molecule has 0 fully saturated rings. The maximum Gasteiger partial charge on any atom is 0.203 e. The van der Waals surface area contributed by atoms with E-state index in [0.717, 1.165) is 5.52 Å². The molecule has 0 aliphatic heterocycles. The van der Waals surface area contributed by atoms with Crippen LogP contribution in [-0.2, 0) is 6.54 Å². The van der Waals surface area contributed by atoms with Crippen molar-refractivity contribution in [3.63, 3.8) is 0 Å². The van der Waals surface area contributed by atoms with Crippen LogP contribution in [0.1, 0.15) is 24.2 Å². The Labute approximate surface area is 98.3 Å². The highest BCUT2D eigenvalue weighted by molar-refractivity contribution is 6.31. The SMILES string of the molecule is CCn1c(O)c(C(C)=O)c2cc(Cl)ccc21. The number of halogens is 1. The van der Waals surface area contributed by atoms with Crippen LogP contribution < -0.4 is 0 Å². The summed E-state index contributed by atoms with van der Waals surface area (Å²) in [5.74, 6) is -0.135. The van der Waals surface area contributed by atoms with Crippen molar-refractivity contribution >= 4 is 28.3 Å². The average molecular weight is 238 g/mol. The summed E-state index contributed by atoms with van der Waals surface area (Å²) in [6.45, 7) is 3.96. The molecule has 0 unspecified atom stereocenters. The molecule has 0 bridgehead atoms. The van der Waals surface area contributed by atoms with Gasteiger partial charge in [-0.1, -0.05) is 11.6 Å². The largest absolute Gasteiger partial charge is 0.494 e. The molecule has 1 aromatic heterocycles. The van der Waals surface area contributed by atoms with Gasteiger partial charge >= 0.3 is 0 Å². The van der Waals surface area contributed by atoms with Crippen molar-refractivity contribution in [3.05, 3.63) is 28.8 Å². The van der Waals surface area contributed by atoms with Crippen molar-refractivity contribution < 1.29 is 9.90 Å². The normalized spacial score (nSPS) is 10.9. The Balaban J connectivity index is 2.92. The number of aromatic nitrogens is 1. The molecule has 0 aliphatic rings. The summed E-state index contributed by atoms with van der Waals surface area (Å²) >= 11 is 5.90. The molecule has 1 aromatic carbocycles. The van der Waals surface area contributed by atoms with Crippen molar-refractivity contribution in [2.75, 3.05) is 0 Å². The number of rotatable bonds is 2. The van der Waals surface area contributed by atoms with Crippen LogP contribution in [-0.4, -0.2) is 15.5 Å². The van der Waals surface area contributed by atoms with E-state index in [2.05, 4.69) is 0 Å². The smallest absolute Gasteiger partial charge is 0.203 e. The van der Waals surface area contributed by atoms with Crippen molar-refractivity contribution in [2.24, 2.45) is 0 Å². The van der Waals surface area contributed by atoms with Crippen LogP contribution >= 0.6 is 11.6 Å². The predicted molar refractivity (Wildman–Crippen MR) is 64.3 cm³/mol. The molecule has 0 amide bonds. The number of fused-ring (bicyclic) bond motifs is 1. The van der Waals surface area contributed by atoms with Gasteiger partial charge in [0.15, 0.2) is 5.78 Å². The van der Waals surface area contributed by atoms with Gasteiger partial charge in [-0.15, -0.1) is 0 Å². The monoisotopic (exact) mass is 237 g/mol. The second-order valence-electron chi connectivity index (χ2n) is 3.66. The Hall–Kier alpha value is -1.48. The molecular weight excluding hydrogens is 226 g/mol. The minimum Gasteiger partial charge on any atom is -0.494 e. The number of carbonyl (C=O) groups is 1. The number of ketones is 1. The number of hydrogen-bond acceptors (Lipinski definition) is 2. The van der Waals surface area contributed by atoms with Gasteiger partial charge in [0, 0.05) is 17.0 Å². The van der Waals surface area contributed by atoms with Gasteiger partial charge in [0.25, 0.3) is 0 Å². The van der Waals surface area contributed by atoms with E-state index in [0.29, 0.717) is 22.5 Å². The van der Waals surface area contributed by atoms with Crippen molar-refractivity contribution in [2.45, 2.75) is 20.4 Å². The lowest BCUT2D eigenvalue weighted by Gasteiger charge is -2.01. The number of aryl methyl sites for hydroxylation is 1. The third-order valence-electron chi connectivity index (χ3n) is 2.67. The van der Waals surface area contributed by atoms with Crippen molar-refractivity contribution in [1.29, 1.82) is 0 Å². The minimum atomic E-state index is -0.156. The molecule has 84 valence electrons. The van der Waals surface area contributed by atoms with E-state index in [1.165, 1.54) is 6.92 Å². The van der Waals surface area contributed by atoms with Gasteiger partial charge in [0.2, 0.25) is 5.88 Å². The Kier molecular flexibility index (Phi) is 2.64. The topological polar surface area (TPSA) is 42.2 Å². The molecular formula is C12H12ClNO2. The molecule has 0 atom stereocenters. The molecule has 0 saturated heterocycles. The number of nitrogens with zero attached hydrogens (tertiary/aromatic N) is 1. The van der Waals surface area contributed by atoms with Crippen LogP contribution in [0.25, 0.3) is 10.9 Å². The lowest BCUT2D eigenvalue weighted by Crippen LogP contribution is -1.94. The molecule has 2 rings (SSSR count). The van der Waals surface area contributed by atoms with Crippen molar-refractivity contribution in [3.8, 4) is 5.88 Å². The molecule has 0 saturated carbocycles. The molecule has 3 nitrogen and oxygen atoms in total. The van der Waals surface area contributed by atoms with E-state index in [-0.39, 0.29) is 11.7 Å². The second-order valence-corrected chi connectivity index (χ2v) is 4.10. The van der Waals surface area contributed by atoms with Crippen LogP contribution in [0.4, 0.5) is 0 Å². The summed E-state index contributed by atoms with van der Waals surface area (Å²) in [6, 6.07) is 5.27. The Morgan fingerprint density at radius 1 is 1.50 bits per heavy atom. The Morgan fingerprint density at radius 3 is 2.75 bits per heavy atom. The number of aromatic hydroxyl groups is 1. The van der Waals surface area contributed by atoms with Gasteiger partial charge in [0.05, 0.1) is 11.1 Å². The zero-order chi connectivity index (χ0) is 11.9. The summed E-state index contributed by atoms with van der Waals surface area (Å²) in [6.07, 6.45) is 0. The van der Waals surface area contributed by atoms with E-state index in [1.807, 2.05) is 13.0 Å². The molecule has 2 aromatic rings. The number of Topliss-reactive ketones (excluding diaryl/α,β-unsaturated/α-hetero) is 1. The van der Waals surface area contributed by atoms with E-state index in [4.69, 9.17) is 11.6 Å². The maximum absolute atomic E-state index is 11.5. The zero-order valence-corrected chi connectivity index (χ0v) is 9.88. The quantitative estimate of drug-likeness (QED) is 0.815. The lowest BCUT2D eigenvalue weighted by molar-refractivity contribution is 0.101. The third-order valence-corrected chi connectivity index (χ3v) is 2.90. The van der Waals surface area contributed by atoms with Crippen LogP contribution in [0, 0.1) is 0 Å². The van der Waals surface area contributed by atoms with E-state index < -0.39 is 0 Å². The van der Waals surface area contributed by atoms with Gasteiger partial charge < -0.3 is 9.67 Å². The van der Waals surface area contributed by atoms with E-state index in [9.17, 15) is 9.90 Å². The van der Waals surface area contributed by atoms with Gasteiger partial charge in [-0.3, -0.25) is 4.79 Å². The highest BCUT2D eigenvalue weighted by Crippen LogP contribution is 2.33. The molecule has 0 aliphatic carbocycles.